The summed E-state index contributed by atoms with van der Waals surface area (Å²) in [5.41, 5.74) is 0. The molecule has 0 bridgehead atoms. The number of rotatable bonds is 0. The van der Waals surface area contributed by atoms with E-state index in [0.717, 1.165) is 0 Å². The summed E-state index contributed by atoms with van der Waals surface area (Å²) in [6.45, 7) is 0. The van der Waals surface area contributed by atoms with Crippen molar-refractivity contribution in [3.63, 3.8) is 0 Å². The topological polar surface area (TPSA) is 0 Å². The van der Waals surface area contributed by atoms with Crippen molar-refractivity contribution in [2.75, 3.05) is 0 Å². The molecule has 0 atom stereocenters. The van der Waals surface area contributed by atoms with Gasteiger partial charge in [-0.1, -0.05) is 0 Å². The van der Waals surface area contributed by atoms with E-state index in [4.69, 9.17) is 0 Å². The van der Waals surface area contributed by atoms with Gasteiger partial charge in [0.25, 0.3) is 0 Å². The van der Waals surface area contributed by atoms with Crippen LogP contribution in [0.2, 0.25) is 0 Å². The maximum atomic E-state index is 0. The molecule has 0 aromatic rings. The summed E-state index contributed by atoms with van der Waals surface area (Å²) in [7, 11) is 0. The molecule has 7 heteroatoms. The van der Waals surface area contributed by atoms with Gasteiger partial charge in [0.2, 0.25) is 0 Å². The van der Waals surface area contributed by atoms with Crippen LogP contribution in [0, 0.1) is 0 Å². The third kappa shape index (κ3) is 50.7. The van der Waals surface area contributed by atoms with Crippen molar-refractivity contribution in [3.8, 4) is 0 Å². The molecule has 0 aromatic carbocycles. The van der Waals surface area contributed by atoms with E-state index >= 15 is 0 Å². The number of hydrogen-bond donors (Lipinski definition) is 0. The minimum Gasteiger partial charge on any atom is -1.00 e. The predicted octanol–water partition coefficient (Wildman–Crippen LogP) is -15.0. The molecule has 0 aliphatic rings. The standard InChI is InChI=1S/5ClH.2Ti/h5*1H;;/q;;;;;2*+4/p-5. The van der Waals surface area contributed by atoms with Gasteiger partial charge >= 0.3 is 43.4 Å². The van der Waals surface area contributed by atoms with E-state index in [9.17, 15) is 0 Å². The summed E-state index contributed by atoms with van der Waals surface area (Å²) in [6, 6.07) is 0. The molecule has 0 heterocycles. The molecule has 0 N–H and O–H groups in total. The maximum absolute atomic E-state index is 0. The van der Waals surface area contributed by atoms with E-state index < -0.39 is 0 Å². The molecule has 0 spiro atoms. The Kier molecular flexibility index (Phi) is 893. The summed E-state index contributed by atoms with van der Waals surface area (Å²) < 4.78 is 0. The molecule has 7 heavy (non-hydrogen) atoms. The fourth-order valence-electron chi connectivity index (χ4n) is 0. The predicted molar refractivity (Wildman–Crippen MR) is 0 cm³/mol. The molecule has 0 saturated heterocycles. The van der Waals surface area contributed by atoms with E-state index in [2.05, 4.69) is 0 Å². The Labute approximate surface area is 104 Å². The summed E-state index contributed by atoms with van der Waals surface area (Å²) in [5, 5.41) is 0. The molecule has 0 aliphatic heterocycles. The van der Waals surface area contributed by atoms with E-state index in [-0.39, 0.29) is 105 Å². The normalized spacial score (nSPS) is 0. The van der Waals surface area contributed by atoms with Crippen molar-refractivity contribution in [2.24, 2.45) is 0 Å². The van der Waals surface area contributed by atoms with Gasteiger partial charge in [-0.25, -0.2) is 0 Å². The molecule has 0 radical (unpaired) electrons. The van der Waals surface area contributed by atoms with Gasteiger partial charge in [0.1, 0.15) is 0 Å². The molecular formula is Cl5Ti2+3. The second-order valence-electron chi connectivity index (χ2n) is 0. The van der Waals surface area contributed by atoms with Crippen LogP contribution in [0.4, 0.5) is 0 Å². The molecule has 40 valence electrons. The van der Waals surface area contributed by atoms with Gasteiger partial charge in [-0.2, -0.15) is 0 Å². The van der Waals surface area contributed by atoms with Gasteiger partial charge in [0.05, 0.1) is 0 Å². The second-order valence-corrected chi connectivity index (χ2v) is 0. The zero-order valence-electron chi connectivity index (χ0n) is 2.89. The Bertz CT molecular complexity index is 6.04. The van der Waals surface area contributed by atoms with Crippen molar-refractivity contribution >= 4 is 0 Å². The van der Waals surface area contributed by atoms with Gasteiger partial charge in [0.15, 0.2) is 0 Å². The van der Waals surface area contributed by atoms with Gasteiger partial charge < -0.3 is 62.0 Å². The zero-order valence-corrected chi connectivity index (χ0v) is 9.79. The van der Waals surface area contributed by atoms with Gasteiger partial charge in [-0.3, -0.25) is 0 Å². The Morgan fingerprint density at radius 1 is 0.286 bits per heavy atom. The molecule has 0 unspecified atom stereocenters. The summed E-state index contributed by atoms with van der Waals surface area (Å²) >= 11 is 0. The number of hydrogen-bond acceptors (Lipinski definition) is 0. The van der Waals surface area contributed by atoms with Crippen LogP contribution in [-0.2, 0) is 43.4 Å². The van der Waals surface area contributed by atoms with Crippen LogP contribution < -0.4 is 62.0 Å². The molecule has 0 aromatic heterocycles. The van der Waals surface area contributed by atoms with Crippen LogP contribution in [0.3, 0.4) is 0 Å². The molecule has 0 nitrogen and oxygen atoms in total. The van der Waals surface area contributed by atoms with E-state index in [1.54, 1.807) is 0 Å². The Balaban J connectivity index is 0. The zero-order chi connectivity index (χ0) is 0. The summed E-state index contributed by atoms with van der Waals surface area (Å²) in [6.07, 6.45) is 0. The van der Waals surface area contributed by atoms with Crippen LogP contribution in [0.5, 0.6) is 0 Å². The first-order valence-electron chi connectivity index (χ1n) is 0. The van der Waals surface area contributed by atoms with Crippen molar-refractivity contribution < 1.29 is 105 Å². The summed E-state index contributed by atoms with van der Waals surface area (Å²) in [5.74, 6) is 0. The SMILES string of the molecule is [Cl-].[Cl-].[Cl-].[Cl-].[Cl-].[Ti+4].[Ti+4]. The fraction of sp³-hybridized carbons (Fsp3) is 0. The smallest absolute Gasteiger partial charge is 1.00 e. The third-order valence-electron chi connectivity index (χ3n) is 0. The van der Waals surface area contributed by atoms with Crippen LogP contribution >= 0.6 is 0 Å². The van der Waals surface area contributed by atoms with Crippen molar-refractivity contribution in [1.29, 1.82) is 0 Å². The quantitative estimate of drug-likeness (QED) is 0.385. The Hall–Kier alpha value is 2.88. The van der Waals surface area contributed by atoms with Crippen LogP contribution in [0.15, 0.2) is 0 Å². The maximum Gasteiger partial charge on any atom is 4.00 e. The van der Waals surface area contributed by atoms with Crippen LogP contribution in [0.1, 0.15) is 0 Å². The van der Waals surface area contributed by atoms with Gasteiger partial charge in [-0.15, -0.1) is 0 Å². The number of halogens is 5. The molecule has 0 saturated carbocycles. The molecule has 0 fully saturated rings. The van der Waals surface area contributed by atoms with Crippen LogP contribution in [0.25, 0.3) is 0 Å². The van der Waals surface area contributed by atoms with Gasteiger partial charge in [-0.05, 0) is 0 Å². The Morgan fingerprint density at radius 3 is 0.286 bits per heavy atom. The largest absolute Gasteiger partial charge is 4.00 e. The average molecular weight is 273 g/mol. The first-order chi connectivity index (χ1) is 0. The molecular weight excluding hydrogens is 273 g/mol. The van der Waals surface area contributed by atoms with E-state index in [1.165, 1.54) is 0 Å². The van der Waals surface area contributed by atoms with Crippen molar-refractivity contribution in [1.82, 2.24) is 0 Å². The van der Waals surface area contributed by atoms with E-state index in [1.807, 2.05) is 0 Å². The van der Waals surface area contributed by atoms with Crippen molar-refractivity contribution in [3.05, 3.63) is 0 Å². The average Bonchev–Trinajstić information content (AvgIpc) is 0. The monoisotopic (exact) mass is 271 g/mol. The molecule has 0 aliphatic carbocycles. The van der Waals surface area contributed by atoms with Gasteiger partial charge in [0, 0.05) is 0 Å². The first kappa shape index (κ1) is 94.0. The minimum absolute atomic E-state index is 0. The van der Waals surface area contributed by atoms with E-state index in [0.29, 0.717) is 0 Å². The molecule has 0 rings (SSSR count). The fourth-order valence-corrected chi connectivity index (χ4v) is 0. The first-order valence-corrected chi connectivity index (χ1v) is 0. The van der Waals surface area contributed by atoms with Crippen molar-refractivity contribution in [2.45, 2.75) is 0 Å². The van der Waals surface area contributed by atoms with Crippen LogP contribution in [-0.4, -0.2) is 0 Å². The summed E-state index contributed by atoms with van der Waals surface area (Å²) in [4.78, 5) is 0. The third-order valence-corrected chi connectivity index (χ3v) is 0. The minimum atomic E-state index is 0. The molecule has 0 amide bonds. The Morgan fingerprint density at radius 2 is 0.286 bits per heavy atom. The second kappa shape index (κ2) is 66.5.